The number of carbonyl (C=O) groups is 1. The molecular weight excluding hydrogens is 296 g/mol. The SMILES string of the molecule is COc1cc2ncnc(N3CCN(C(C)=O)CC3)c2cc1OC. The summed E-state index contributed by atoms with van der Waals surface area (Å²) >= 11 is 0. The number of ether oxygens (including phenoxy) is 2. The third-order valence-corrected chi connectivity index (χ3v) is 4.14. The van der Waals surface area contributed by atoms with E-state index < -0.39 is 0 Å². The Bertz CT molecular complexity index is 727. The summed E-state index contributed by atoms with van der Waals surface area (Å²) < 4.78 is 10.7. The molecule has 1 aromatic heterocycles. The first-order valence-electron chi connectivity index (χ1n) is 7.51. The quantitative estimate of drug-likeness (QED) is 0.850. The molecule has 1 amide bonds. The summed E-state index contributed by atoms with van der Waals surface area (Å²) in [5.74, 6) is 2.27. The summed E-state index contributed by atoms with van der Waals surface area (Å²) in [6.45, 7) is 4.51. The van der Waals surface area contributed by atoms with Crippen LogP contribution >= 0.6 is 0 Å². The van der Waals surface area contributed by atoms with Gasteiger partial charge in [0.2, 0.25) is 5.91 Å². The van der Waals surface area contributed by atoms with Crippen LogP contribution in [0.25, 0.3) is 10.9 Å². The summed E-state index contributed by atoms with van der Waals surface area (Å²) in [4.78, 5) is 24.3. The van der Waals surface area contributed by atoms with E-state index in [1.165, 1.54) is 0 Å². The minimum Gasteiger partial charge on any atom is -0.493 e. The van der Waals surface area contributed by atoms with Gasteiger partial charge in [0.1, 0.15) is 12.1 Å². The first-order valence-corrected chi connectivity index (χ1v) is 7.51. The minimum atomic E-state index is 0.114. The number of hydrogen-bond acceptors (Lipinski definition) is 6. The predicted octanol–water partition coefficient (Wildman–Crippen LogP) is 1.32. The first-order chi connectivity index (χ1) is 11.1. The normalized spacial score (nSPS) is 14.9. The number of aromatic nitrogens is 2. The Morgan fingerprint density at radius 3 is 2.30 bits per heavy atom. The van der Waals surface area contributed by atoms with Crippen LogP contribution in [0.4, 0.5) is 5.82 Å². The lowest BCUT2D eigenvalue weighted by molar-refractivity contribution is -0.129. The van der Waals surface area contributed by atoms with E-state index in [0.29, 0.717) is 24.6 Å². The Morgan fingerprint density at radius 2 is 1.70 bits per heavy atom. The number of nitrogens with zero attached hydrogens (tertiary/aromatic N) is 4. The summed E-state index contributed by atoms with van der Waals surface area (Å²) in [6.07, 6.45) is 1.56. The average molecular weight is 316 g/mol. The number of fused-ring (bicyclic) bond motifs is 1. The van der Waals surface area contributed by atoms with Crippen molar-refractivity contribution < 1.29 is 14.3 Å². The highest BCUT2D eigenvalue weighted by molar-refractivity contribution is 5.92. The molecule has 0 N–H and O–H groups in total. The molecule has 1 aliphatic rings. The van der Waals surface area contributed by atoms with Crippen molar-refractivity contribution in [1.82, 2.24) is 14.9 Å². The van der Waals surface area contributed by atoms with Crippen molar-refractivity contribution in [1.29, 1.82) is 0 Å². The Hall–Kier alpha value is -2.57. The summed E-state index contributed by atoms with van der Waals surface area (Å²) in [5.41, 5.74) is 0.807. The molecule has 0 unspecified atom stereocenters. The number of methoxy groups -OCH3 is 2. The zero-order valence-electron chi connectivity index (χ0n) is 13.6. The fraction of sp³-hybridized carbons (Fsp3) is 0.438. The number of anilines is 1. The van der Waals surface area contributed by atoms with E-state index in [1.807, 2.05) is 17.0 Å². The molecule has 23 heavy (non-hydrogen) atoms. The number of benzene rings is 1. The second-order valence-corrected chi connectivity index (χ2v) is 5.41. The third-order valence-electron chi connectivity index (χ3n) is 4.14. The first kappa shape index (κ1) is 15.3. The van der Waals surface area contributed by atoms with Crippen LogP contribution in [0.15, 0.2) is 18.5 Å². The van der Waals surface area contributed by atoms with Crippen LogP contribution in [0.2, 0.25) is 0 Å². The molecule has 3 rings (SSSR count). The highest BCUT2D eigenvalue weighted by Gasteiger charge is 2.22. The smallest absolute Gasteiger partial charge is 0.219 e. The molecule has 1 aromatic carbocycles. The number of piperazine rings is 1. The average Bonchev–Trinajstić information content (AvgIpc) is 2.60. The summed E-state index contributed by atoms with van der Waals surface area (Å²) in [7, 11) is 3.21. The van der Waals surface area contributed by atoms with E-state index in [2.05, 4.69) is 14.9 Å². The van der Waals surface area contributed by atoms with Crippen molar-refractivity contribution in [3.63, 3.8) is 0 Å². The van der Waals surface area contributed by atoms with E-state index in [4.69, 9.17) is 9.47 Å². The van der Waals surface area contributed by atoms with Gasteiger partial charge in [-0.3, -0.25) is 4.79 Å². The Kier molecular flexibility index (Phi) is 4.18. The molecule has 0 bridgehead atoms. The number of hydrogen-bond donors (Lipinski definition) is 0. The maximum Gasteiger partial charge on any atom is 0.219 e. The van der Waals surface area contributed by atoms with Crippen LogP contribution in [0.1, 0.15) is 6.92 Å². The third kappa shape index (κ3) is 2.86. The minimum absolute atomic E-state index is 0.114. The van der Waals surface area contributed by atoms with Crippen LogP contribution in [0.3, 0.4) is 0 Å². The fourth-order valence-electron chi connectivity index (χ4n) is 2.85. The van der Waals surface area contributed by atoms with E-state index in [9.17, 15) is 4.79 Å². The number of amides is 1. The van der Waals surface area contributed by atoms with Crippen molar-refractivity contribution in [3.05, 3.63) is 18.5 Å². The van der Waals surface area contributed by atoms with Crippen LogP contribution < -0.4 is 14.4 Å². The van der Waals surface area contributed by atoms with E-state index >= 15 is 0 Å². The molecule has 122 valence electrons. The molecule has 2 aromatic rings. The monoisotopic (exact) mass is 316 g/mol. The number of rotatable bonds is 3. The maximum atomic E-state index is 11.5. The van der Waals surface area contributed by atoms with E-state index in [0.717, 1.165) is 29.8 Å². The summed E-state index contributed by atoms with van der Waals surface area (Å²) in [5, 5.41) is 0.918. The van der Waals surface area contributed by atoms with Crippen LogP contribution in [-0.4, -0.2) is 61.2 Å². The van der Waals surface area contributed by atoms with Crippen molar-refractivity contribution in [2.24, 2.45) is 0 Å². The molecular formula is C16H20N4O3. The van der Waals surface area contributed by atoms with Gasteiger partial charge in [-0.15, -0.1) is 0 Å². The molecule has 1 saturated heterocycles. The summed E-state index contributed by atoms with van der Waals surface area (Å²) in [6, 6.07) is 3.76. The Labute approximate surface area is 134 Å². The molecule has 7 heteroatoms. The molecule has 1 aliphatic heterocycles. The van der Waals surface area contributed by atoms with E-state index in [1.54, 1.807) is 27.5 Å². The zero-order chi connectivity index (χ0) is 16.4. The molecule has 7 nitrogen and oxygen atoms in total. The van der Waals surface area contributed by atoms with Gasteiger partial charge in [-0.2, -0.15) is 0 Å². The van der Waals surface area contributed by atoms with Crippen LogP contribution in [-0.2, 0) is 4.79 Å². The van der Waals surface area contributed by atoms with Gasteiger partial charge in [-0.25, -0.2) is 9.97 Å². The molecule has 1 fully saturated rings. The molecule has 0 saturated carbocycles. The van der Waals surface area contributed by atoms with Crippen molar-refractivity contribution in [3.8, 4) is 11.5 Å². The van der Waals surface area contributed by atoms with Gasteiger partial charge in [-0.05, 0) is 6.07 Å². The lowest BCUT2D eigenvalue weighted by atomic mass is 10.2. The standard InChI is InChI=1S/C16H20N4O3/c1-11(21)19-4-6-20(7-5-19)16-12-8-14(22-2)15(23-3)9-13(12)17-10-18-16/h8-10H,4-7H2,1-3H3. The van der Waals surface area contributed by atoms with Gasteiger partial charge in [0.15, 0.2) is 11.5 Å². The van der Waals surface area contributed by atoms with Crippen LogP contribution in [0.5, 0.6) is 11.5 Å². The van der Waals surface area contributed by atoms with E-state index in [-0.39, 0.29) is 5.91 Å². The van der Waals surface area contributed by atoms with Crippen molar-refractivity contribution in [2.45, 2.75) is 6.92 Å². The molecule has 0 radical (unpaired) electrons. The van der Waals surface area contributed by atoms with Gasteiger partial charge in [0.05, 0.1) is 19.7 Å². The largest absolute Gasteiger partial charge is 0.493 e. The Morgan fingerprint density at radius 1 is 1.04 bits per heavy atom. The highest BCUT2D eigenvalue weighted by Crippen LogP contribution is 2.34. The zero-order valence-corrected chi connectivity index (χ0v) is 13.6. The lowest BCUT2D eigenvalue weighted by Gasteiger charge is -2.35. The molecule has 2 heterocycles. The van der Waals surface area contributed by atoms with Gasteiger partial charge in [-0.1, -0.05) is 0 Å². The number of carbonyl (C=O) groups excluding carboxylic acids is 1. The van der Waals surface area contributed by atoms with Crippen molar-refractivity contribution >= 4 is 22.6 Å². The van der Waals surface area contributed by atoms with Crippen LogP contribution in [0, 0.1) is 0 Å². The molecule has 0 aliphatic carbocycles. The maximum absolute atomic E-state index is 11.5. The molecule has 0 atom stereocenters. The lowest BCUT2D eigenvalue weighted by Crippen LogP contribution is -2.48. The molecule has 0 spiro atoms. The van der Waals surface area contributed by atoms with Gasteiger partial charge >= 0.3 is 0 Å². The van der Waals surface area contributed by atoms with Gasteiger partial charge in [0.25, 0.3) is 0 Å². The van der Waals surface area contributed by atoms with Gasteiger partial charge < -0.3 is 19.3 Å². The second-order valence-electron chi connectivity index (χ2n) is 5.41. The topological polar surface area (TPSA) is 67.8 Å². The highest BCUT2D eigenvalue weighted by atomic mass is 16.5. The Balaban J connectivity index is 1.97. The van der Waals surface area contributed by atoms with Gasteiger partial charge in [0, 0.05) is 44.6 Å². The second kappa shape index (κ2) is 6.28. The predicted molar refractivity (Wildman–Crippen MR) is 87.1 cm³/mol. The van der Waals surface area contributed by atoms with Crippen molar-refractivity contribution in [2.75, 3.05) is 45.3 Å². The fourth-order valence-corrected chi connectivity index (χ4v) is 2.85.